The summed E-state index contributed by atoms with van der Waals surface area (Å²) in [5.74, 6) is 0.437. The van der Waals surface area contributed by atoms with Crippen molar-refractivity contribution in [1.29, 1.82) is 0 Å². The number of fused-ring (bicyclic) bond motifs is 1. The molecule has 0 unspecified atom stereocenters. The van der Waals surface area contributed by atoms with E-state index in [-0.39, 0.29) is 5.97 Å². The lowest BCUT2D eigenvalue weighted by Gasteiger charge is -2.20. The molecular weight excluding hydrogens is 240 g/mol. The molecule has 4 heteroatoms. The van der Waals surface area contributed by atoms with Crippen molar-refractivity contribution >= 4 is 23.1 Å². The molecule has 1 aromatic carbocycles. The fourth-order valence-electron chi connectivity index (χ4n) is 1.76. The molecule has 0 atom stereocenters. The van der Waals surface area contributed by atoms with Crippen molar-refractivity contribution in [2.75, 3.05) is 13.2 Å². The molecule has 0 saturated carbocycles. The number of rotatable bonds is 2. The van der Waals surface area contributed by atoms with E-state index >= 15 is 0 Å². The molecule has 1 heterocycles. The van der Waals surface area contributed by atoms with Gasteiger partial charge in [-0.1, -0.05) is 11.6 Å². The molecule has 0 N–H and O–H groups in total. The third-order valence-corrected chi connectivity index (χ3v) is 2.73. The number of halogens is 1. The van der Waals surface area contributed by atoms with Crippen LogP contribution in [0.2, 0.25) is 5.02 Å². The Kier molecular flexibility index (Phi) is 3.69. The summed E-state index contributed by atoms with van der Waals surface area (Å²) >= 11 is 5.94. The van der Waals surface area contributed by atoms with E-state index in [1.54, 1.807) is 19.1 Å². The summed E-state index contributed by atoms with van der Waals surface area (Å²) < 4.78 is 10.4. The first kappa shape index (κ1) is 12.0. The Hall–Kier alpha value is -1.48. The average Bonchev–Trinajstić information content (AvgIpc) is 2.30. The van der Waals surface area contributed by atoms with Gasteiger partial charge in [0.05, 0.1) is 13.2 Å². The minimum absolute atomic E-state index is 0.324. The first-order valence-electron chi connectivity index (χ1n) is 5.50. The number of ether oxygens (including phenoxy) is 2. The van der Waals surface area contributed by atoms with Gasteiger partial charge in [-0.2, -0.15) is 0 Å². The highest BCUT2D eigenvalue weighted by Gasteiger charge is 2.16. The smallest absolute Gasteiger partial charge is 0.331 e. The standard InChI is InChI=1S/C13H13ClO3/c1-2-16-13(15)7-9-5-6-17-12-4-3-10(14)8-11(9)12/h3-4,7-8H,2,5-6H2,1H3/b9-7+. The van der Waals surface area contributed by atoms with Crippen LogP contribution in [-0.4, -0.2) is 19.2 Å². The molecular formula is C13H13ClO3. The zero-order valence-corrected chi connectivity index (χ0v) is 10.3. The first-order valence-corrected chi connectivity index (χ1v) is 5.88. The summed E-state index contributed by atoms with van der Waals surface area (Å²) in [6, 6.07) is 5.39. The van der Waals surface area contributed by atoms with Crippen molar-refractivity contribution < 1.29 is 14.3 Å². The van der Waals surface area contributed by atoms with E-state index in [4.69, 9.17) is 21.1 Å². The summed E-state index contributed by atoms with van der Waals surface area (Å²) in [6.07, 6.45) is 2.20. The van der Waals surface area contributed by atoms with Crippen molar-refractivity contribution in [3.8, 4) is 5.75 Å². The van der Waals surface area contributed by atoms with Gasteiger partial charge in [0.2, 0.25) is 0 Å². The highest BCUT2D eigenvalue weighted by Crippen LogP contribution is 2.34. The van der Waals surface area contributed by atoms with Crippen LogP contribution in [0.5, 0.6) is 5.75 Å². The average molecular weight is 253 g/mol. The number of carbonyl (C=O) groups is 1. The Bertz CT molecular complexity index is 466. The van der Waals surface area contributed by atoms with Crippen molar-refractivity contribution in [2.45, 2.75) is 13.3 Å². The molecule has 0 bridgehead atoms. The second-order valence-electron chi connectivity index (χ2n) is 3.66. The maximum Gasteiger partial charge on any atom is 0.331 e. The van der Waals surface area contributed by atoms with Gasteiger partial charge in [0.15, 0.2) is 0 Å². The van der Waals surface area contributed by atoms with Gasteiger partial charge in [0.25, 0.3) is 0 Å². The highest BCUT2D eigenvalue weighted by atomic mass is 35.5. The van der Waals surface area contributed by atoms with Gasteiger partial charge in [-0.25, -0.2) is 4.79 Å². The molecule has 1 aliphatic rings. The summed E-state index contributed by atoms with van der Waals surface area (Å²) in [7, 11) is 0. The predicted molar refractivity (Wildman–Crippen MR) is 66.2 cm³/mol. The molecule has 0 aliphatic carbocycles. The summed E-state index contributed by atoms with van der Waals surface area (Å²) in [5.41, 5.74) is 1.78. The van der Waals surface area contributed by atoms with Crippen LogP contribution in [0, 0.1) is 0 Å². The van der Waals surface area contributed by atoms with E-state index in [2.05, 4.69) is 0 Å². The first-order chi connectivity index (χ1) is 8.20. The molecule has 0 spiro atoms. The molecule has 0 saturated heterocycles. The normalized spacial score (nSPS) is 16.2. The van der Waals surface area contributed by atoms with Crippen LogP contribution >= 0.6 is 11.6 Å². The van der Waals surface area contributed by atoms with Crippen LogP contribution in [-0.2, 0) is 9.53 Å². The number of hydrogen-bond donors (Lipinski definition) is 0. The molecule has 2 rings (SSSR count). The van der Waals surface area contributed by atoms with Gasteiger partial charge in [-0.05, 0) is 30.7 Å². The van der Waals surface area contributed by atoms with Crippen LogP contribution in [0.1, 0.15) is 18.9 Å². The Morgan fingerprint density at radius 2 is 2.41 bits per heavy atom. The number of benzene rings is 1. The Morgan fingerprint density at radius 1 is 1.59 bits per heavy atom. The Morgan fingerprint density at radius 3 is 3.18 bits per heavy atom. The largest absolute Gasteiger partial charge is 0.493 e. The van der Waals surface area contributed by atoms with Gasteiger partial charge in [-0.15, -0.1) is 0 Å². The fourth-order valence-corrected chi connectivity index (χ4v) is 1.93. The molecule has 17 heavy (non-hydrogen) atoms. The van der Waals surface area contributed by atoms with Crippen molar-refractivity contribution in [1.82, 2.24) is 0 Å². The van der Waals surface area contributed by atoms with E-state index in [0.717, 1.165) is 16.9 Å². The maximum atomic E-state index is 11.4. The monoisotopic (exact) mass is 252 g/mol. The van der Waals surface area contributed by atoms with Gasteiger partial charge >= 0.3 is 5.97 Å². The van der Waals surface area contributed by atoms with E-state index in [1.165, 1.54) is 6.08 Å². The van der Waals surface area contributed by atoms with Gasteiger partial charge in [0.1, 0.15) is 5.75 Å². The molecule has 0 aromatic heterocycles. The van der Waals surface area contributed by atoms with Crippen LogP contribution in [0.4, 0.5) is 0 Å². The van der Waals surface area contributed by atoms with Crippen LogP contribution in [0.25, 0.3) is 5.57 Å². The third-order valence-electron chi connectivity index (χ3n) is 2.50. The maximum absolute atomic E-state index is 11.4. The molecule has 0 radical (unpaired) electrons. The minimum Gasteiger partial charge on any atom is -0.493 e. The SMILES string of the molecule is CCOC(=O)/C=C1\CCOc2ccc(Cl)cc21. The Balaban J connectivity index is 2.33. The second kappa shape index (κ2) is 5.23. The van der Waals surface area contributed by atoms with Gasteiger partial charge in [-0.3, -0.25) is 0 Å². The van der Waals surface area contributed by atoms with E-state index in [9.17, 15) is 4.79 Å². The predicted octanol–water partition coefficient (Wildman–Crippen LogP) is 3.07. The third kappa shape index (κ3) is 2.80. The zero-order chi connectivity index (χ0) is 12.3. The van der Waals surface area contributed by atoms with Crippen molar-refractivity contribution in [3.05, 3.63) is 34.9 Å². The molecule has 90 valence electrons. The molecule has 1 aliphatic heterocycles. The van der Waals surface area contributed by atoms with Gasteiger partial charge < -0.3 is 9.47 Å². The van der Waals surface area contributed by atoms with Crippen molar-refractivity contribution in [2.24, 2.45) is 0 Å². The van der Waals surface area contributed by atoms with E-state index in [1.807, 2.05) is 6.07 Å². The number of esters is 1. The summed E-state index contributed by atoms with van der Waals surface area (Å²) in [6.45, 7) is 2.73. The molecule has 0 amide bonds. The summed E-state index contributed by atoms with van der Waals surface area (Å²) in [4.78, 5) is 11.4. The lowest BCUT2D eigenvalue weighted by molar-refractivity contribution is -0.137. The lowest BCUT2D eigenvalue weighted by Crippen LogP contribution is -2.09. The topological polar surface area (TPSA) is 35.5 Å². The fraction of sp³-hybridized carbons (Fsp3) is 0.308. The van der Waals surface area contributed by atoms with Crippen LogP contribution < -0.4 is 4.74 Å². The van der Waals surface area contributed by atoms with Gasteiger partial charge in [0, 0.05) is 23.1 Å². The second-order valence-corrected chi connectivity index (χ2v) is 4.10. The zero-order valence-electron chi connectivity index (χ0n) is 9.53. The minimum atomic E-state index is -0.324. The van der Waals surface area contributed by atoms with E-state index < -0.39 is 0 Å². The van der Waals surface area contributed by atoms with Crippen molar-refractivity contribution in [3.63, 3.8) is 0 Å². The molecule has 3 nitrogen and oxygen atoms in total. The molecule has 0 fully saturated rings. The van der Waals surface area contributed by atoms with Crippen LogP contribution in [0.3, 0.4) is 0 Å². The number of hydrogen-bond acceptors (Lipinski definition) is 3. The highest BCUT2D eigenvalue weighted by molar-refractivity contribution is 6.30. The molecule has 1 aromatic rings. The Labute approximate surface area is 105 Å². The van der Waals surface area contributed by atoms with E-state index in [0.29, 0.717) is 24.7 Å². The lowest BCUT2D eigenvalue weighted by atomic mass is 9.99. The summed E-state index contributed by atoms with van der Waals surface area (Å²) in [5, 5.41) is 0.629. The van der Waals surface area contributed by atoms with Crippen LogP contribution in [0.15, 0.2) is 24.3 Å². The number of carbonyl (C=O) groups excluding carboxylic acids is 1. The quantitative estimate of drug-likeness (QED) is 0.599.